The summed E-state index contributed by atoms with van der Waals surface area (Å²) in [6.45, 7) is 1.83. The first-order chi connectivity index (χ1) is 8.63. The lowest BCUT2D eigenvalue weighted by molar-refractivity contribution is -0.111. The Morgan fingerprint density at radius 3 is 2.94 bits per heavy atom. The Hall–Kier alpha value is -1.72. The first kappa shape index (κ1) is 12.7. The Morgan fingerprint density at radius 2 is 2.28 bits per heavy atom. The van der Waals surface area contributed by atoms with Crippen molar-refractivity contribution in [1.82, 2.24) is 10.2 Å². The smallest absolute Gasteiger partial charge is 0.250 e. The van der Waals surface area contributed by atoms with Crippen molar-refractivity contribution in [2.75, 3.05) is 5.32 Å². The van der Waals surface area contributed by atoms with Gasteiger partial charge in [-0.15, -0.1) is 10.2 Å². The summed E-state index contributed by atoms with van der Waals surface area (Å²) in [4.78, 5) is 11.6. The van der Waals surface area contributed by atoms with Crippen LogP contribution < -0.4 is 5.32 Å². The van der Waals surface area contributed by atoms with E-state index in [0.717, 1.165) is 10.6 Å². The maximum Gasteiger partial charge on any atom is 0.250 e. The zero-order valence-electron chi connectivity index (χ0n) is 9.55. The fraction of sp³-hybridized carbons (Fsp3) is 0.0833. The summed E-state index contributed by atoms with van der Waals surface area (Å²) < 4.78 is 0. The van der Waals surface area contributed by atoms with Crippen LogP contribution >= 0.6 is 22.9 Å². The molecule has 0 unspecified atom stereocenters. The molecule has 1 N–H and O–H groups in total. The van der Waals surface area contributed by atoms with E-state index in [0.29, 0.717) is 10.2 Å². The molecule has 0 aliphatic heterocycles. The molecule has 2 aromatic rings. The summed E-state index contributed by atoms with van der Waals surface area (Å²) in [7, 11) is 0. The van der Waals surface area contributed by atoms with Crippen LogP contribution in [-0.4, -0.2) is 16.1 Å². The molecule has 6 heteroatoms. The van der Waals surface area contributed by atoms with Crippen LogP contribution in [-0.2, 0) is 4.79 Å². The van der Waals surface area contributed by atoms with Crippen molar-refractivity contribution < 1.29 is 4.79 Å². The highest BCUT2D eigenvalue weighted by atomic mass is 35.5. The minimum Gasteiger partial charge on any atom is -0.297 e. The standard InChI is InChI=1S/C12H10ClN3OS/c1-8-15-16-12(18-8)14-11(17)6-5-9-3-2-4-10(13)7-9/h2-7H,1H3,(H,14,16,17)/b6-5+. The first-order valence-electron chi connectivity index (χ1n) is 5.18. The first-order valence-corrected chi connectivity index (χ1v) is 6.38. The van der Waals surface area contributed by atoms with E-state index in [-0.39, 0.29) is 5.91 Å². The van der Waals surface area contributed by atoms with E-state index in [4.69, 9.17) is 11.6 Å². The predicted octanol–water partition coefficient (Wildman–Crippen LogP) is 3.15. The second kappa shape index (κ2) is 5.75. The predicted molar refractivity (Wildman–Crippen MR) is 73.8 cm³/mol. The number of rotatable bonds is 3. The Labute approximate surface area is 113 Å². The van der Waals surface area contributed by atoms with Crippen LogP contribution in [0.5, 0.6) is 0 Å². The molecule has 0 saturated heterocycles. The molecule has 0 radical (unpaired) electrons. The second-order valence-electron chi connectivity index (χ2n) is 3.50. The molecule has 0 bridgehead atoms. The molecule has 1 aromatic carbocycles. The molecule has 0 atom stereocenters. The normalized spacial score (nSPS) is 10.8. The van der Waals surface area contributed by atoms with Gasteiger partial charge >= 0.3 is 0 Å². The van der Waals surface area contributed by atoms with Gasteiger partial charge in [-0.3, -0.25) is 10.1 Å². The molecule has 0 fully saturated rings. The lowest BCUT2D eigenvalue weighted by atomic mass is 10.2. The fourth-order valence-electron chi connectivity index (χ4n) is 1.28. The van der Waals surface area contributed by atoms with Crippen molar-refractivity contribution in [3.63, 3.8) is 0 Å². The molecule has 0 spiro atoms. The van der Waals surface area contributed by atoms with Crippen LogP contribution in [0.25, 0.3) is 6.08 Å². The number of aromatic nitrogens is 2. The molecular formula is C12H10ClN3OS. The van der Waals surface area contributed by atoms with Gasteiger partial charge < -0.3 is 0 Å². The van der Waals surface area contributed by atoms with Crippen molar-refractivity contribution >= 4 is 40.1 Å². The highest BCUT2D eigenvalue weighted by Crippen LogP contribution is 2.14. The van der Waals surface area contributed by atoms with Crippen LogP contribution in [0.15, 0.2) is 30.3 Å². The summed E-state index contributed by atoms with van der Waals surface area (Å²) in [6.07, 6.45) is 3.12. The van der Waals surface area contributed by atoms with Crippen LogP contribution in [0.1, 0.15) is 10.6 Å². The number of halogens is 1. The van der Waals surface area contributed by atoms with E-state index in [1.54, 1.807) is 18.2 Å². The van der Waals surface area contributed by atoms with Crippen molar-refractivity contribution in [1.29, 1.82) is 0 Å². The molecule has 4 nitrogen and oxygen atoms in total. The zero-order valence-corrected chi connectivity index (χ0v) is 11.1. The highest BCUT2D eigenvalue weighted by Gasteiger charge is 2.02. The SMILES string of the molecule is Cc1nnc(NC(=O)/C=C/c2cccc(Cl)c2)s1. The molecule has 1 aromatic heterocycles. The molecule has 2 rings (SSSR count). The average Bonchev–Trinajstić information content (AvgIpc) is 2.72. The van der Waals surface area contributed by atoms with Gasteiger partial charge in [0.2, 0.25) is 11.0 Å². The number of anilines is 1. The second-order valence-corrected chi connectivity index (χ2v) is 5.12. The maximum atomic E-state index is 11.6. The summed E-state index contributed by atoms with van der Waals surface area (Å²) in [5.74, 6) is -0.244. The van der Waals surface area contributed by atoms with Crippen LogP contribution in [0.3, 0.4) is 0 Å². The average molecular weight is 280 g/mol. The Morgan fingerprint density at radius 1 is 1.44 bits per heavy atom. The third kappa shape index (κ3) is 3.65. The minimum absolute atomic E-state index is 0.244. The van der Waals surface area contributed by atoms with Crippen molar-refractivity contribution in [3.8, 4) is 0 Å². The number of hydrogen-bond donors (Lipinski definition) is 1. The monoisotopic (exact) mass is 279 g/mol. The third-order valence-electron chi connectivity index (χ3n) is 2.03. The number of amides is 1. The number of nitrogens with zero attached hydrogens (tertiary/aromatic N) is 2. The molecule has 92 valence electrons. The molecule has 1 amide bonds. The quantitative estimate of drug-likeness (QED) is 0.878. The highest BCUT2D eigenvalue weighted by molar-refractivity contribution is 7.15. The third-order valence-corrected chi connectivity index (χ3v) is 3.02. The van der Waals surface area contributed by atoms with Gasteiger partial charge in [-0.05, 0) is 30.7 Å². The molecule has 0 aliphatic rings. The summed E-state index contributed by atoms with van der Waals surface area (Å²) in [5.41, 5.74) is 0.867. The number of benzene rings is 1. The van der Waals surface area contributed by atoms with Crippen molar-refractivity contribution in [2.45, 2.75) is 6.92 Å². The van der Waals surface area contributed by atoms with Gasteiger partial charge in [-0.1, -0.05) is 35.1 Å². The number of aryl methyl sites for hydroxylation is 1. The molecular weight excluding hydrogens is 270 g/mol. The van der Waals surface area contributed by atoms with Gasteiger partial charge in [0, 0.05) is 11.1 Å². The summed E-state index contributed by atoms with van der Waals surface area (Å²) in [6, 6.07) is 7.25. The molecule has 0 saturated carbocycles. The number of hydrogen-bond acceptors (Lipinski definition) is 4. The van der Waals surface area contributed by atoms with Crippen LogP contribution in [0.4, 0.5) is 5.13 Å². The summed E-state index contributed by atoms with van der Waals surface area (Å²) in [5, 5.41) is 12.2. The number of carbonyl (C=O) groups excluding carboxylic acids is 1. The summed E-state index contributed by atoms with van der Waals surface area (Å²) >= 11 is 7.17. The Bertz CT molecular complexity index is 595. The van der Waals surface area contributed by atoms with E-state index in [2.05, 4.69) is 15.5 Å². The number of carbonyl (C=O) groups is 1. The van der Waals surface area contributed by atoms with Gasteiger partial charge in [-0.2, -0.15) is 0 Å². The van der Waals surface area contributed by atoms with E-state index in [1.165, 1.54) is 17.4 Å². The molecule has 18 heavy (non-hydrogen) atoms. The molecule has 1 heterocycles. The van der Waals surface area contributed by atoms with Crippen LogP contribution in [0.2, 0.25) is 5.02 Å². The fourth-order valence-corrected chi connectivity index (χ4v) is 2.07. The largest absolute Gasteiger partial charge is 0.297 e. The van der Waals surface area contributed by atoms with E-state index >= 15 is 0 Å². The maximum absolute atomic E-state index is 11.6. The van der Waals surface area contributed by atoms with Crippen molar-refractivity contribution in [3.05, 3.63) is 45.9 Å². The van der Waals surface area contributed by atoms with Gasteiger partial charge in [0.1, 0.15) is 5.01 Å². The van der Waals surface area contributed by atoms with E-state index in [9.17, 15) is 4.79 Å². The topological polar surface area (TPSA) is 54.9 Å². The minimum atomic E-state index is -0.244. The van der Waals surface area contributed by atoms with Crippen molar-refractivity contribution in [2.24, 2.45) is 0 Å². The van der Waals surface area contributed by atoms with Gasteiger partial charge in [0.05, 0.1) is 0 Å². The van der Waals surface area contributed by atoms with Gasteiger partial charge in [0.25, 0.3) is 0 Å². The van der Waals surface area contributed by atoms with E-state index < -0.39 is 0 Å². The van der Waals surface area contributed by atoms with Gasteiger partial charge in [0.15, 0.2) is 0 Å². The van der Waals surface area contributed by atoms with E-state index in [1.807, 2.05) is 19.1 Å². The Kier molecular flexibility index (Phi) is 4.07. The lowest BCUT2D eigenvalue weighted by Crippen LogP contribution is -2.07. The number of nitrogens with one attached hydrogen (secondary N) is 1. The lowest BCUT2D eigenvalue weighted by Gasteiger charge is -1.95. The molecule has 0 aliphatic carbocycles. The zero-order chi connectivity index (χ0) is 13.0. The van der Waals surface area contributed by atoms with Crippen LogP contribution in [0, 0.1) is 6.92 Å². The van der Waals surface area contributed by atoms with Gasteiger partial charge in [-0.25, -0.2) is 0 Å². The Balaban J connectivity index is 1.99.